The minimum absolute atomic E-state index is 0.0469. The number of benzene rings is 1. The largest absolute Gasteiger partial charge is 0.499 e. The van der Waals surface area contributed by atoms with Crippen LogP contribution < -0.4 is 5.32 Å². The van der Waals surface area contributed by atoms with E-state index in [0.717, 1.165) is 20.3 Å². The molecule has 1 aliphatic carbocycles. The normalized spacial score (nSPS) is 24.3. The van der Waals surface area contributed by atoms with E-state index in [1.165, 1.54) is 41.8 Å². The van der Waals surface area contributed by atoms with Crippen molar-refractivity contribution in [2.45, 2.75) is 167 Å². The van der Waals surface area contributed by atoms with E-state index in [9.17, 15) is 38.4 Å². The van der Waals surface area contributed by atoms with Crippen LogP contribution in [0.1, 0.15) is 119 Å². The number of ether oxygens (including phenoxy) is 4. The number of Topliss-reactive ketones (excluding diaryl/α,β-unsaturated/α-hetero) is 1. The van der Waals surface area contributed by atoms with Gasteiger partial charge in [0.25, 0.3) is 11.8 Å². The van der Waals surface area contributed by atoms with Crippen molar-refractivity contribution in [1.82, 2.24) is 34.7 Å². The van der Waals surface area contributed by atoms with Crippen LogP contribution in [0, 0.1) is 35.5 Å². The van der Waals surface area contributed by atoms with Crippen LogP contribution in [0.2, 0.25) is 0 Å². The fourth-order valence-electron chi connectivity index (χ4n) is 12.6. The number of hydrogen-bond acceptors (Lipinski definition) is 17. The fourth-order valence-corrected chi connectivity index (χ4v) is 13.2. The van der Waals surface area contributed by atoms with Gasteiger partial charge in [-0.1, -0.05) is 85.7 Å². The number of esters is 2. The van der Waals surface area contributed by atoms with Crippen molar-refractivity contribution in [3.63, 3.8) is 0 Å². The maximum Gasteiger partial charge on any atom is 0.413 e. The average molecular weight is 1180 g/mol. The minimum atomic E-state index is -2.44. The molecule has 8 amide bonds. The summed E-state index contributed by atoms with van der Waals surface area (Å²) in [5.41, 5.74) is -1.65. The Bertz CT molecular complexity index is 2610. The number of nitrogens with one attached hydrogen (secondary N) is 1. The SMILES string of the molecule is COC1=CC(=O)N(C(=O)[C@@H](OC(=O)[C@]2(C(=O)C(NC(=O)[C@H](C(C)C)N(C)C)C(C)C)CCCN2C(=O)[C@@H]2CCCN2C(=O)[C@H](C(C)C)N(C)C(=O)OCOC(=O)C2CCC(CN3C(=O)CC(SC)C3=O)CC2)C(C)C)[C@H]1Cc1ccccc1. The lowest BCUT2D eigenvalue weighted by molar-refractivity contribution is -0.179. The molecule has 5 aliphatic rings. The van der Waals surface area contributed by atoms with Gasteiger partial charge in [0, 0.05) is 45.6 Å². The van der Waals surface area contributed by atoms with Crippen LogP contribution >= 0.6 is 11.8 Å². The van der Waals surface area contributed by atoms with E-state index in [1.54, 1.807) is 66.8 Å². The third-order valence-electron chi connectivity index (χ3n) is 17.0. The van der Waals surface area contributed by atoms with Gasteiger partial charge < -0.3 is 34.1 Å². The van der Waals surface area contributed by atoms with Gasteiger partial charge in [0.2, 0.25) is 41.9 Å². The molecule has 4 fully saturated rings. The second kappa shape index (κ2) is 28.5. The molecule has 4 aliphatic heterocycles. The molecule has 0 radical (unpaired) electrons. The van der Waals surface area contributed by atoms with E-state index in [1.807, 2.05) is 44.2 Å². The molecule has 23 heteroatoms. The lowest BCUT2D eigenvalue weighted by atomic mass is 9.81. The molecule has 2 unspecified atom stereocenters. The summed E-state index contributed by atoms with van der Waals surface area (Å²) in [6.07, 6.45) is 3.17. The molecule has 1 saturated carbocycles. The number of rotatable bonds is 24. The van der Waals surface area contributed by atoms with Crippen molar-refractivity contribution >= 4 is 76.9 Å². The van der Waals surface area contributed by atoms with Crippen molar-refractivity contribution in [2.75, 3.05) is 60.9 Å². The number of carbonyl (C=O) groups is 11. The maximum absolute atomic E-state index is 15.8. The summed E-state index contributed by atoms with van der Waals surface area (Å²) in [6, 6.07) is 3.75. The molecule has 8 atom stereocenters. The van der Waals surface area contributed by atoms with Gasteiger partial charge in [-0.05, 0) is 107 Å². The predicted octanol–water partition coefficient (Wildman–Crippen LogP) is 4.60. The number of methoxy groups -OCH3 is 1. The molecule has 1 N–H and O–H groups in total. The van der Waals surface area contributed by atoms with Crippen molar-refractivity contribution in [3.05, 3.63) is 47.7 Å². The Hall–Kier alpha value is -6.36. The Kier molecular flexibility index (Phi) is 22.6. The molecule has 0 spiro atoms. The van der Waals surface area contributed by atoms with Crippen LogP contribution in [0.15, 0.2) is 42.2 Å². The molecule has 0 aromatic heterocycles. The zero-order chi connectivity index (χ0) is 61.4. The van der Waals surface area contributed by atoms with E-state index in [0.29, 0.717) is 38.6 Å². The molecule has 22 nitrogen and oxygen atoms in total. The van der Waals surface area contributed by atoms with Crippen LogP contribution in [0.3, 0.4) is 0 Å². The molecule has 83 heavy (non-hydrogen) atoms. The first-order chi connectivity index (χ1) is 39.2. The minimum Gasteiger partial charge on any atom is -0.499 e. The highest BCUT2D eigenvalue weighted by Crippen LogP contribution is 2.39. The summed E-state index contributed by atoms with van der Waals surface area (Å²) < 4.78 is 22.6. The predicted molar refractivity (Wildman–Crippen MR) is 306 cm³/mol. The molecule has 6 rings (SSSR count). The Balaban J connectivity index is 1.22. The summed E-state index contributed by atoms with van der Waals surface area (Å²) in [5, 5.41) is 2.54. The number of ketones is 1. The summed E-state index contributed by atoms with van der Waals surface area (Å²) >= 11 is 1.36. The van der Waals surface area contributed by atoms with E-state index in [-0.39, 0.29) is 79.9 Å². The summed E-state index contributed by atoms with van der Waals surface area (Å²) in [5.74, 6) is -8.82. The number of nitrogens with zero attached hydrogens (tertiary/aromatic N) is 6. The average Bonchev–Trinajstić information content (AvgIpc) is 2.36. The molecule has 3 saturated heterocycles. The first-order valence-corrected chi connectivity index (χ1v) is 30.4. The van der Waals surface area contributed by atoms with Crippen molar-refractivity contribution in [1.29, 1.82) is 0 Å². The lowest BCUT2D eigenvalue weighted by Gasteiger charge is -2.42. The van der Waals surface area contributed by atoms with Crippen LogP contribution in [0.4, 0.5) is 4.79 Å². The highest BCUT2D eigenvalue weighted by atomic mass is 32.2. The number of carbonyl (C=O) groups excluding carboxylic acids is 11. The van der Waals surface area contributed by atoms with Gasteiger partial charge >= 0.3 is 18.0 Å². The molecular weight excluding hydrogens is 1090 g/mol. The zero-order valence-electron chi connectivity index (χ0n) is 50.6. The van der Waals surface area contributed by atoms with Gasteiger partial charge in [-0.2, -0.15) is 11.8 Å². The topological polar surface area (TPSA) is 256 Å². The fraction of sp³-hybridized carbons (Fsp3) is 0.683. The Morgan fingerprint density at radius 3 is 2.00 bits per heavy atom. The molecule has 458 valence electrons. The van der Waals surface area contributed by atoms with E-state index >= 15 is 14.4 Å². The standard InChI is InChI=1S/C60H87N7O15S/c1-34(2)47(61-52(71)48(35(3)4)62(9)10)51(70)60(58(77)82-50(37(7)8)56(75)67-42(43(79-12)30-46(67)69)29-38-19-15-14-16-20-38)26-18-28-66(60)53(72)41-21-17-27-64(41)55(74)49(36(5)6)63(11)59(78)81-33-80-57(76)40-24-22-39(23-25-40)32-65-45(68)31-44(83-13)54(65)73/h14-16,19-20,30,34-37,39-42,44,47-50H,17-18,21-29,31-33H2,1-13H3,(H,61,71)/t39?,40?,41-,42-,44?,47?,48-,49-,50-,60+/m0/s1. The Morgan fingerprint density at radius 1 is 0.783 bits per heavy atom. The van der Waals surface area contributed by atoms with Crippen LogP contribution in [0.5, 0.6) is 0 Å². The zero-order valence-corrected chi connectivity index (χ0v) is 51.4. The van der Waals surface area contributed by atoms with Gasteiger partial charge in [0.15, 0.2) is 11.9 Å². The van der Waals surface area contributed by atoms with Crippen LogP contribution in [-0.2, 0) is 73.3 Å². The maximum atomic E-state index is 15.8. The summed E-state index contributed by atoms with van der Waals surface area (Å²) in [4.78, 5) is 164. The smallest absolute Gasteiger partial charge is 0.413 e. The number of thioether (sulfide) groups is 1. The summed E-state index contributed by atoms with van der Waals surface area (Å²) in [7, 11) is 6.21. The summed E-state index contributed by atoms with van der Waals surface area (Å²) in [6.45, 7) is 13.3. The van der Waals surface area contributed by atoms with Gasteiger partial charge in [0.1, 0.15) is 23.9 Å². The Labute approximate surface area is 492 Å². The van der Waals surface area contributed by atoms with Crippen LogP contribution in [-0.4, -0.2) is 203 Å². The molecule has 1 aromatic rings. The quantitative estimate of drug-likeness (QED) is 0.0642. The Morgan fingerprint density at radius 2 is 1.43 bits per heavy atom. The van der Waals surface area contributed by atoms with E-state index in [4.69, 9.17) is 18.9 Å². The third kappa shape index (κ3) is 14.4. The van der Waals surface area contributed by atoms with Gasteiger partial charge in [-0.3, -0.25) is 62.8 Å². The number of likely N-dealkylation sites (tertiary alicyclic amines) is 3. The van der Waals surface area contributed by atoms with Gasteiger partial charge in [0.05, 0.1) is 30.4 Å². The molecule has 1 aromatic carbocycles. The third-order valence-corrected chi connectivity index (χ3v) is 17.9. The van der Waals surface area contributed by atoms with Gasteiger partial charge in [-0.25, -0.2) is 9.59 Å². The molecule has 4 heterocycles. The van der Waals surface area contributed by atoms with E-state index < -0.39 is 126 Å². The monoisotopic (exact) mass is 1180 g/mol. The first-order valence-electron chi connectivity index (χ1n) is 29.2. The second-order valence-electron chi connectivity index (χ2n) is 24.2. The first kappa shape index (κ1) is 65.8. The highest BCUT2D eigenvalue weighted by Gasteiger charge is 2.62. The number of amides is 8. The van der Waals surface area contributed by atoms with Gasteiger partial charge in [-0.15, -0.1) is 0 Å². The number of likely N-dealkylation sites (N-methyl/N-ethyl adjacent to an activating group) is 2. The van der Waals surface area contributed by atoms with Crippen molar-refractivity contribution in [2.24, 2.45) is 35.5 Å². The molecular formula is C60H87N7O15S. The highest BCUT2D eigenvalue weighted by molar-refractivity contribution is 8.00. The van der Waals surface area contributed by atoms with Crippen molar-refractivity contribution in [3.8, 4) is 0 Å². The van der Waals surface area contributed by atoms with Crippen LogP contribution in [0.25, 0.3) is 0 Å². The number of imide groups is 2. The second-order valence-corrected chi connectivity index (χ2v) is 25.3. The van der Waals surface area contributed by atoms with Crippen molar-refractivity contribution < 1.29 is 71.7 Å². The molecule has 0 bridgehead atoms. The number of hydrogen-bond donors (Lipinski definition) is 1. The van der Waals surface area contributed by atoms with E-state index in [2.05, 4.69) is 5.32 Å². The lowest BCUT2D eigenvalue weighted by Crippen LogP contribution is -2.68.